The van der Waals surface area contributed by atoms with Gasteiger partial charge in [-0.05, 0) is 40.5 Å². The molecule has 1 saturated heterocycles. The lowest BCUT2D eigenvalue weighted by molar-refractivity contribution is -0.120. The van der Waals surface area contributed by atoms with E-state index in [-0.39, 0.29) is 11.8 Å². The van der Waals surface area contributed by atoms with Crippen LogP contribution in [0.5, 0.6) is 0 Å². The molecule has 0 aliphatic carbocycles. The Labute approximate surface area is 103 Å². The summed E-state index contributed by atoms with van der Waals surface area (Å²) in [6.07, 6.45) is 1.68. The molecular formula is C11H14BrN3O. The van der Waals surface area contributed by atoms with Crippen molar-refractivity contribution in [1.29, 1.82) is 0 Å². The standard InChI is InChI=1S/C11H14BrN3O/c1-7-5-13-6-8(7)11(16)15-9-3-2-4-14-10(9)12/h2-4,7-8,13H,5-6H2,1H3,(H,15,16). The lowest BCUT2D eigenvalue weighted by atomic mass is 9.97. The minimum Gasteiger partial charge on any atom is -0.323 e. The molecule has 1 aliphatic heterocycles. The molecule has 1 amide bonds. The summed E-state index contributed by atoms with van der Waals surface area (Å²) in [5.41, 5.74) is 0.728. The first kappa shape index (κ1) is 11.5. The van der Waals surface area contributed by atoms with Crippen molar-refractivity contribution in [3.63, 3.8) is 0 Å². The van der Waals surface area contributed by atoms with Crippen molar-refractivity contribution in [2.24, 2.45) is 11.8 Å². The third-order valence-electron chi connectivity index (χ3n) is 2.87. The van der Waals surface area contributed by atoms with Crippen LogP contribution in [-0.4, -0.2) is 24.0 Å². The summed E-state index contributed by atoms with van der Waals surface area (Å²) in [5.74, 6) is 0.494. The quantitative estimate of drug-likeness (QED) is 0.812. The number of carbonyl (C=O) groups is 1. The van der Waals surface area contributed by atoms with Crippen LogP contribution in [0, 0.1) is 11.8 Å². The summed E-state index contributed by atoms with van der Waals surface area (Å²) < 4.78 is 0.668. The number of nitrogens with one attached hydrogen (secondary N) is 2. The van der Waals surface area contributed by atoms with E-state index in [2.05, 4.69) is 38.5 Å². The van der Waals surface area contributed by atoms with Crippen LogP contribution in [0.25, 0.3) is 0 Å². The van der Waals surface area contributed by atoms with Crippen LogP contribution in [0.15, 0.2) is 22.9 Å². The number of aromatic nitrogens is 1. The van der Waals surface area contributed by atoms with Crippen LogP contribution in [0.3, 0.4) is 0 Å². The maximum absolute atomic E-state index is 12.0. The minimum atomic E-state index is 0.0482. The largest absolute Gasteiger partial charge is 0.323 e. The summed E-state index contributed by atoms with van der Waals surface area (Å²) in [4.78, 5) is 16.0. The number of hydrogen-bond acceptors (Lipinski definition) is 3. The highest BCUT2D eigenvalue weighted by Crippen LogP contribution is 2.22. The van der Waals surface area contributed by atoms with Crippen molar-refractivity contribution in [2.75, 3.05) is 18.4 Å². The van der Waals surface area contributed by atoms with Gasteiger partial charge in [0.1, 0.15) is 4.60 Å². The molecule has 4 nitrogen and oxygen atoms in total. The van der Waals surface area contributed by atoms with Gasteiger partial charge in [0.15, 0.2) is 0 Å². The molecule has 86 valence electrons. The van der Waals surface area contributed by atoms with Gasteiger partial charge in [-0.3, -0.25) is 4.79 Å². The number of halogens is 1. The highest BCUT2D eigenvalue weighted by molar-refractivity contribution is 9.10. The number of carbonyl (C=O) groups excluding carboxylic acids is 1. The predicted molar refractivity (Wildman–Crippen MR) is 66.1 cm³/mol. The average molecular weight is 284 g/mol. The second kappa shape index (κ2) is 4.93. The average Bonchev–Trinajstić information content (AvgIpc) is 2.68. The van der Waals surface area contributed by atoms with Gasteiger partial charge in [-0.25, -0.2) is 4.98 Å². The van der Waals surface area contributed by atoms with Gasteiger partial charge in [0.2, 0.25) is 5.91 Å². The van der Waals surface area contributed by atoms with Crippen LogP contribution < -0.4 is 10.6 Å². The fraction of sp³-hybridized carbons (Fsp3) is 0.455. The van der Waals surface area contributed by atoms with Gasteiger partial charge in [-0.1, -0.05) is 6.92 Å². The van der Waals surface area contributed by atoms with Crippen molar-refractivity contribution < 1.29 is 4.79 Å². The molecule has 16 heavy (non-hydrogen) atoms. The van der Waals surface area contributed by atoms with Gasteiger partial charge in [-0.2, -0.15) is 0 Å². The molecule has 2 unspecified atom stereocenters. The SMILES string of the molecule is CC1CNCC1C(=O)Nc1cccnc1Br. The van der Waals surface area contributed by atoms with Crippen LogP contribution in [0.4, 0.5) is 5.69 Å². The van der Waals surface area contributed by atoms with Crippen molar-refractivity contribution in [1.82, 2.24) is 10.3 Å². The van der Waals surface area contributed by atoms with Crippen molar-refractivity contribution >= 4 is 27.5 Å². The van der Waals surface area contributed by atoms with E-state index < -0.39 is 0 Å². The first-order valence-electron chi connectivity index (χ1n) is 5.30. The number of nitrogens with zero attached hydrogens (tertiary/aromatic N) is 1. The highest BCUT2D eigenvalue weighted by atomic mass is 79.9. The summed E-state index contributed by atoms with van der Waals surface area (Å²) in [6.45, 7) is 3.75. The van der Waals surface area contributed by atoms with Crippen LogP contribution in [-0.2, 0) is 4.79 Å². The van der Waals surface area contributed by atoms with Gasteiger partial charge < -0.3 is 10.6 Å². The maximum Gasteiger partial charge on any atom is 0.229 e. The molecule has 0 aromatic carbocycles. The zero-order valence-corrected chi connectivity index (χ0v) is 10.6. The first-order valence-corrected chi connectivity index (χ1v) is 6.10. The van der Waals surface area contributed by atoms with Gasteiger partial charge >= 0.3 is 0 Å². The molecule has 2 rings (SSSR count). The van der Waals surface area contributed by atoms with Gasteiger partial charge in [0, 0.05) is 12.7 Å². The Morgan fingerprint density at radius 2 is 2.44 bits per heavy atom. The lowest BCUT2D eigenvalue weighted by Crippen LogP contribution is -2.28. The molecule has 2 atom stereocenters. The van der Waals surface area contributed by atoms with E-state index in [1.807, 2.05) is 6.07 Å². The zero-order chi connectivity index (χ0) is 11.5. The zero-order valence-electron chi connectivity index (χ0n) is 9.03. The molecule has 1 fully saturated rings. The Balaban J connectivity index is 2.05. The fourth-order valence-corrected chi connectivity index (χ4v) is 2.22. The minimum absolute atomic E-state index is 0.0482. The predicted octanol–water partition coefficient (Wildman–Crippen LogP) is 1.64. The monoisotopic (exact) mass is 283 g/mol. The van der Waals surface area contributed by atoms with Gasteiger partial charge in [-0.15, -0.1) is 0 Å². The summed E-state index contributed by atoms with van der Waals surface area (Å²) in [5, 5.41) is 6.11. The number of pyridine rings is 1. The molecule has 2 heterocycles. The van der Waals surface area contributed by atoms with Crippen LogP contribution in [0.2, 0.25) is 0 Å². The topological polar surface area (TPSA) is 54.0 Å². The molecule has 0 saturated carbocycles. The maximum atomic E-state index is 12.0. The van der Waals surface area contributed by atoms with Gasteiger partial charge in [0.05, 0.1) is 11.6 Å². The van der Waals surface area contributed by atoms with E-state index >= 15 is 0 Å². The Hall–Kier alpha value is -0.940. The van der Waals surface area contributed by atoms with Crippen molar-refractivity contribution in [3.05, 3.63) is 22.9 Å². The summed E-state index contributed by atoms with van der Waals surface area (Å²) in [7, 11) is 0. The van der Waals surface area contributed by atoms with Gasteiger partial charge in [0.25, 0.3) is 0 Å². The number of rotatable bonds is 2. The number of amides is 1. The van der Waals surface area contributed by atoms with E-state index in [0.717, 1.165) is 18.8 Å². The Kier molecular flexibility index (Phi) is 3.56. The molecule has 0 spiro atoms. The Bertz CT molecular complexity index is 397. The van der Waals surface area contributed by atoms with Crippen molar-refractivity contribution in [2.45, 2.75) is 6.92 Å². The summed E-state index contributed by atoms with van der Waals surface area (Å²) >= 11 is 3.31. The van der Waals surface area contributed by atoms with E-state index in [0.29, 0.717) is 10.5 Å². The molecule has 2 N–H and O–H groups in total. The normalized spacial score (nSPS) is 24.4. The molecule has 1 aromatic rings. The molecule has 0 bridgehead atoms. The second-order valence-electron chi connectivity index (χ2n) is 4.07. The number of anilines is 1. The Morgan fingerprint density at radius 1 is 1.62 bits per heavy atom. The van der Waals surface area contributed by atoms with Crippen LogP contribution >= 0.6 is 15.9 Å². The second-order valence-corrected chi connectivity index (χ2v) is 4.82. The molecule has 1 aliphatic rings. The number of hydrogen-bond donors (Lipinski definition) is 2. The van der Waals surface area contributed by atoms with E-state index in [1.54, 1.807) is 12.3 Å². The van der Waals surface area contributed by atoms with Crippen LogP contribution in [0.1, 0.15) is 6.92 Å². The highest BCUT2D eigenvalue weighted by Gasteiger charge is 2.29. The summed E-state index contributed by atoms with van der Waals surface area (Å²) in [6, 6.07) is 3.64. The fourth-order valence-electron chi connectivity index (χ4n) is 1.87. The third-order valence-corrected chi connectivity index (χ3v) is 3.50. The van der Waals surface area contributed by atoms with E-state index in [4.69, 9.17) is 0 Å². The molecular weight excluding hydrogens is 270 g/mol. The van der Waals surface area contributed by atoms with E-state index in [9.17, 15) is 4.79 Å². The molecule has 5 heteroatoms. The molecule has 1 aromatic heterocycles. The smallest absolute Gasteiger partial charge is 0.229 e. The lowest BCUT2D eigenvalue weighted by Gasteiger charge is -2.14. The first-order chi connectivity index (χ1) is 7.68. The van der Waals surface area contributed by atoms with Crippen molar-refractivity contribution in [3.8, 4) is 0 Å². The molecule has 0 radical (unpaired) electrons. The Morgan fingerprint density at radius 3 is 3.06 bits per heavy atom. The van der Waals surface area contributed by atoms with E-state index in [1.165, 1.54) is 0 Å². The third kappa shape index (κ3) is 2.41.